The van der Waals surface area contributed by atoms with Gasteiger partial charge in [0.15, 0.2) is 0 Å². The molecule has 7 nitrogen and oxygen atoms in total. The average molecular weight is 438 g/mol. The van der Waals surface area contributed by atoms with Crippen LogP contribution in [0, 0.1) is 0 Å². The Labute approximate surface area is 191 Å². The van der Waals surface area contributed by atoms with Crippen molar-refractivity contribution in [2.24, 2.45) is 14.1 Å². The minimum Gasteiger partial charge on any atom is -0.386 e. The fourth-order valence-corrected chi connectivity index (χ4v) is 3.31. The maximum Gasteiger partial charge on any atom is 0.346 e. The molecule has 0 bridgehead atoms. The molecule has 0 spiro atoms. The van der Waals surface area contributed by atoms with Gasteiger partial charge in [-0.2, -0.15) is 10.2 Å². The minimum absolute atomic E-state index is 0.255. The quantitative estimate of drug-likeness (QED) is 0.258. The van der Waals surface area contributed by atoms with E-state index < -0.39 is 11.9 Å². The van der Waals surface area contributed by atoms with Crippen LogP contribution < -0.4 is 0 Å². The molecule has 164 valence electrons. The molecule has 4 aromatic rings. The molecule has 4 rings (SSSR count). The van der Waals surface area contributed by atoms with Crippen LogP contribution in [0.25, 0.3) is 23.3 Å². The van der Waals surface area contributed by atoms with Crippen LogP contribution in [-0.4, -0.2) is 31.5 Å². The molecule has 33 heavy (non-hydrogen) atoms. The summed E-state index contributed by atoms with van der Waals surface area (Å²) < 4.78 is 8.64. The van der Waals surface area contributed by atoms with Gasteiger partial charge >= 0.3 is 11.9 Å². The summed E-state index contributed by atoms with van der Waals surface area (Å²) in [7, 11) is 3.58. The van der Waals surface area contributed by atoms with Crippen molar-refractivity contribution < 1.29 is 14.3 Å². The highest BCUT2D eigenvalue weighted by Crippen LogP contribution is 2.24. The summed E-state index contributed by atoms with van der Waals surface area (Å²) in [5, 5.41) is 8.27. The van der Waals surface area contributed by atoms with Gasteiger partial charge in [0.05, 0.1) is 23.5 Å². The van der Waals surface area contributed by atoms with E-state index in [4.69, 9.17) is 4.74 Å². The summed E-state index contributed by atoms with van der Waals surface area (Å²) in [6.45, 7) is 0. The molecule has 0 aliphatic heterocycles. The number of hydrogen-bond acceptors (Lipinski definition) is 5. The lowest BCUT2D eigenvalue weighted by Gasteiger charge is -2.10. The number of nitrogens with zero attached hydrogens (tertiary/aromatic N) is 4. The molecule has 2 aromatic heterocycles. The first-order valence-electron chi connectivity index (χ1n) is 10.3. The van der Waals surface area contributed by atoms with E-state index in [2.05, 4.69) is 10.2 Å². The van der Waals surface area contributed by atoms with E-state index in [0.29, 0.717) is 11.1 Å². The molecule has 0 unspecified atom stereocenters. The lowest BCUT2D eigenvalue weighted by atomic mass is 10.0. The number of benzene rings is 2. The predicted octanol–water partition coefficient (Wildman–Crippen LogP) is 4.00. The van der Waals surface area contributed by atoms with Crippen molar-refractivity contribution in [1.82, 2.24) is 19.6 Å². The minimum atomic E-state index is -0.747. The molecular formula is C26H22N4O3. The molecule has 2 aromatic carbocycles. The third kappa shape index (κ3) is 5.40. The summed E-state index contributed by atoms with van der Waals surface area (Å²) in [4.78, 5) is 26.4. The van der Waals surface area contributed by atoms with Crippen LogP contribution in [0.4, 0.5) is 0 Å². The Bertz CT molecular complexity index is 1230. The molecule has 0 aliphatic rings. The number of carbonyl (C=O) groups excluding carboxylic acids is 2. The number of ether oxygens (including phenoxy) is 1. The second-order valence-corrected chi connectivity index (χ2v) is 7.42. The highest BCUT2D eigenvalue weighted by molar-refractivity contribution is 6.30. The summed E-state index contributed by atoms with van der Waals surface area (Å²) in [6.07, 6.45) is 10.1. The van der Waals surface area contributed by atoms with Gasteiger partial charge in [-0.3, -0.25) is 9.36 Å². The van der Waals surface area contributed by atoms with Crippen LogP contribution in [0.2, 0.25) is 0 Å². The monoisotopic (exact) mass is 438 g/mol. The zero-order chi connectivity index (χ0) is 23.2. The first-order valence-corrected chi connectivity index (χ1v) is 10.3. The zero-order valence-corrected chi connectivity index (χ0v) is 18.3. The van der Waals surface area contributed by atoms with Crippen LogP contribution in [0.3, 0.4) is 0 Å². The number of esters is 2. The Balaban J connectivity index is 1.68. The van der Waals surface area contributed by atoms with Crippen molar-refractivity contribution in [1.29, 1.82) is 0 Å². The summed E-state index contributed by atoms with van der Waals surface area (Å²) in [5.74, 6) is -1.49. The smallest absolute Gasteiger partial charge is 0.346 e. The van der Waals surface area contributed by atoms with E-state index in [1.807, 2.05) is 36.4 Å². The predicted molar refractivity (Wildman–Crippen MR) is 126 cm³/mol. The molecule has 0 saturated carbocycles. The summed E-state index contributed by atoms with van der Waals surface area (Å²) in [6, 6.07) is 18.1. The number of aromatic nitrogens is 4. The van der Waals surface area contributed by atoms with Crippen LogP contribution in [0.1, 0.15) is 22.3 Å². The first-order chi connectivity index (χ1) is 16.0. The molecular weight excluding hydrogens is 416 g/mol. The number of rotatable bonds is 6. The molecule has 0 saturated heterocycles. The summed E-state index contributed by atoms with van der Waals surface area (Å²) >= 11 is 0. The first kappa shape index (κ1) is 21.7. The van der Waals surface area contributed by atoms with Crippen LogP contribution in [0.5, 0.6) is 0 Å². The number of aryl methyl sites for hydroxylation is 2. The van der Waals surface area contributed by atoms with Crippen molar-refractivity contribution in [2.45, 2.75) is 0 Å². The maximum atomic E-state index is 13.2. The van der Waals surface area contributed by atoms with E-state index in [9.17, 15) is 9.59 Å². The average Bonchev–Trinajstić information content (AvgIpc) is 3.44. The fourth-order valence-electron chi connectivity index (χ4n) is 3.31. The summed E-state index contributed by atoms with van der Waals surface area (Å²) in [5.41, 5.74) is 3.22. The van der Waals surface area contributed by atoms with E-state index in [0.717, 1.165) is 11.1 Å². The van der Waals surface area contributed by atoms with Gasteiger partial charge in [0, 0.05) is 37.6 Å². The number of hydrogen-bond donors (Lipinski definition) is 0. The van der Waals surface area contributed by atoms with Gasteiger partial charge in [0.25, 0.3) is 0 Å². The Kier molecular flexibility index (Phi) is 6.40. The van der Waals surface area contributed by atoms with Crippen LogP contribution in [0.15, 0.2) is 85.5 Å². The molecule has 0 fully saturated rings. The van der Waals surface area contributed by atoms with Gasteiger partial charge in [-0.25, -0.2) is 9.59 Å². The topological polar surface area (TPSA) is 79.0 Å². The third-order valence-corrected chi connectivity index (χ3v) is 4.87. The van der Waals surface area contributed by atoms with Crippen molar-refractivity contribution in [3.05, 3.63) is 108 Å². The molecule has 0 amide bonds. The van der Waals surface area contributed by atoms with Gasteiger partial charge in [0.2, 0.25) is 0 Å². The largest absolute Gasteiger partial charge is 0.386 e. The molecule has 0 atom stereocenters. The second-order valence-electron chi connectivity index (χ2n) is 7.42. The van der Waals surface area contributed by atoms with Gasteiger partial charge < -0.3 is 4.74 Å². The van der Waals surface area contributed by atoms with Crippen molar-refractivity contribution >= 4 is 35.2 Å². The Morgan fingerprint density at radius 3 is 1.42 bits per heavy atom. The molecule has 0 N–H and O–H groups in total. The Hall–Kier alpha value is -4.52. The highest BCUT2D eigenvalue weighted by Gasteiger charge is 2.22. The van der Waals surface area contributed by atoms with E-state index in [1.54, 1.807) is 84.7 Å². The van der Waals surface area contributed by atoms with Gasteiger partial charge in [-0.15, -0.1) is 0 Å². The van der Waals surface area contributed by atoms with E-state index in [-0.39, 0.29) is 11.1 Å². The molecule has 2 heterocycles. The Morgan fingerprint density at radius 1 is 0.697 bits per heavy atom. The SMILES string of the molecule is Cn1cc(/C=C(/C(=O)OC(=O)/C(=C/c2cnn(C)c2)c2ccccc2)c2ccccc2)cn1. The fraction of sp³-hybridized carbons (Fsp3) is 0.0769. The third-order valence-electron chi connectivity index (χ3n) is 4.87. The van der Waals surface area contributed by atoms with E-state index >= 15 is 0 Å². The zero-order valence-electron chi connectivity index (χ0n) is 18.3. The second kappa shape index (κ2) is 9.74. The normalized spacial score (nSPS) is 11.9. The van der Waals surface area contributed by atoms with Crippen molar-refractivity contribution in [2.75, 3.05) is 0 Å². The standard InChI is InChI=1S/C26H22N4O3/c1-29-17-19(15-27-29)13-23(21-9-5-3-6-10-21)25(31)33-26(32)24(22-11-7-4-8-12-22)14-20-16-28-30(2)18-20/h3-18H,1-2H3/b23-13+,24-14+. The highest BCUT2D eigenvalue weighted by atomic mass is 16.6. The lowest BCUT2D eigenvalue weighted by Crippen LogP contribution is -2.15. The molecule has 0 aliphatic carbocycles. The van der Waals surface area contributed by atoms with Gasteiger partial charge in [0.1, 0.15) is 0 Å². The lowest BCUT2D eigenvalue weighted by molar-refractivity contribution is -0.150. The molecule has 7 heteroatoms. The van der Waals surface area contributed by atoms with Crippen LogP contribution >= 0.6 is 0 Å². The van der Waals surface area contributed by atoms with Gasteiger partial charge in [-0.1, -0.05) is 60.7 Å². The molecule has 0 radical (unpaired) electrons. The van der Waals surface area contributed by atoms with Gasteiger partial charge in [-0.05, 0) is 23.3 Å². The van der Waals surface area contributed by atoms with Crippen molar-refractivity contribution in [3.63, 3.8) is 0 Å². The van der Waals surface area contributed by atoms with Crippen molar-refractivity contribution in [3.8, 4) is 0 Å². The van der Waals surface area contributed by atoms with Crippen LogP contribution in [-0.2, 0) is 28.4 Å². The maximum absolute atomic E-state index is 13.2. The van der Waals surface area contributed by atoms with E-state index in [1.165, 1.54) is 0 Å². The Morgan fingerprint density at radius 2 is 1.09 bits per heavy atom. The number of carbonyl (C=O) groups is 2.